The second kappa shape index (κ2) is 7.99. The van der Waals surface area contributed by atoms with Gasteiger partial charge in [-0.1, -0.05) is 18.2 Å². The highest BCUT2D eigenvalue weighted by Gasteiger charge is 2.19. The maximum Gasteiger partial charge on any atom is 0.295 e. The maximum atomic E-state index is 13.0. The van der Waals surface area contributed by atoms with Crippen molar-refractivity contribution < 1.29 is 9.72 Å². The van der Waals surface area contributed by atoms with Crippen LogP contribution in [0.25, 0.3) is 16.6 Å². The molecule has 0 radical (unpaired) electrons. The number of carbonyl (C=O) groups is 1. The van der Waals surface area contributed by atoms with Crippen molar-refractivity contribution in [3.63, 3.8) is 0 Å². The third-order valence-electron chi connectivity index (χ3n) is 5.30. The molecule has 0 unspecified atom stereocenters. The van der Waals surface area contributed by atoms with Gasteiger partial charge in [0.25, 0.3) is 16.8 Å². The zero-order valence-electron chi connectivity index (χ0n) is 17.3. The van der Waals surface area contributed by atoms with Gasteiger partial charge in [-0.25, -0.2) is 4.68 Å². The molecule has 0 saturated heterocycles. The summed E-state index contributed by atoms with van der Waals surface area (Å²) in [6, 6.07) is 15.8. The number of nitrogens with one attached hydrogen (secondary N) is 1. The minimum atomic E-state index is -0.566. The third kappa shape index (κ3) is 3.58. The first-order valence-corrected chi connectivity index (χ1v) is 9.70. The van der Waals surface area contributed by atoms with E-state index in [0.717, 1.165) is 0 Å². The molecular formula is C22H19N5O5. The molecule has 0 atom stereocenters. The molecule has 1 amide bonds. The first-order valence-electron chi connectivity index (χ1n) is 9.70. The fourth-order valence-corrected chi connectivity index (χ4v) is 3.60. The number of hydrogen-bond acceptors (Lipinski definition) is 5. The van der Waals surface area contributed by atoms with Gasteiger partial charge in [0, 0.05) is 30.6 Å². The monoisotopic (exact) mass is 433 g/mol. The van der Waals surface area contributed by atoms with E-state index in [-0.39, 0.29) is 17.9 Å². The lowest BCUT2D eigenvalue weighted by Gasteiger charge is -2.10. The van der Waals surface area contributed by atoms with Crippen LogP contribution in [-0.2, 0) is 18.4 Å². The quantitative estimate of drug-likeness (QED) is 0.383. The largest absolute Gasteiger partial charge is 0.318 e. The van der Waals surface area contributed by atoms with E-state index >= 15 is 0 Å². The van der Waals surface area contributed by atoms with E-state index in [1.807, 2.05) is 6.07 Å². The summed E-state index contributed by atoms with van der Waals surface area (Å²) in [6.45, 7) is 1.35. The normalized spacial score (nSPS) is 10.9. The lowest BCUT2D eigenvalue weighted by atomic mass is 10.2. The zero-order valence-corrected chi connectivity index (χ0v) is 17.3. The van der Waals surface area contributed by atoms with E-state index in [0.29, 0.717) is 22.3 Å². The summed E-state index contributed by atoms with van der Waals surface area (Å²) in [5.74, 6) is -0.566. The van der Waals surface area contributed by atoms with Crippen LogP contribution in [0.15, 0.2) is 70.3 Å². The standard InChI is InChI=1S/C22H19N5O5/c1-14-21(22(30)26(24(14)2)16-6-4-3-5-7-16)23-19(28)13-25-18-10-9-17(27(31)32)12-15(18)8-11-20(25)29/h3-12H,13H2,1-2H3,(H,23,28). The lowest BCUT2D eigenvalue weighted by Crippen LogP contribution is -2.29. The Morgan fingerprint density at radius 3 is 2.47 bits per heavy atom. The van der Waals surface area contributed by atoms with Gasteiger partial charge in [-0.3, -0.25) is 33.7 Å². The number of nitrogens with zero attached hydrogens (tertiary/aromatic N) is 4. The molecule has 0 aliphatic rings. The van der Waals surface area contributed by atoms with Crippen LogP contribution < -0.4 is 16.4 Å². The average molecular weight is 433 g/mol. The molecule has 4 aromatic rings. The number of nitro groups is 1. The SMILES string of the molecule is Cc1c(NC(=O)Cn2c(=O)ccc3cc([N+](=O)[O-])ccc32)c(=O)n(-c2ccccc2)n1C. The Balaban J connectivity index is 1.68. The Morgan fingerprint density at radius 2 is 1.78 bits per heavy atom. The molecule has 2 heterocycles. The summed E-state index contributed by atoms with van der Waals surface area (Å²) in [6.07, 6.45) is 0. The molecule has 4 rings (SSSR count). The number of benzene rings is 2. The van der Waals surface area contributed by atoms with Crippen LogP contribution in [0.4, 0.5) is 11.4 Å². The Bertz CT molecular complexity index is 1480. The van der Waals surface area contributed by atoms with E-state index in [4.69, 9.17) is 0 Å². The predicted molar refractivity (Wildman–Crippen MR) is 119 cm³/mol. The predicted octanol–water partition coefficient (Wildman–Crippen LogP) is 2.35. The first kappa shape index (κ1) is 20.8. The van der Waals surface area contributed by atoms with Crippen molar-refractivity contribution in [2.75, 3.05) is 5.32 Å². The summed E-state index contributed by atoms with van der Waals surface area (Å²) in [7, 11) is 1.71. The van der Waals surface area contributed by atoms with Crippen molar-refractivity contribution in [2.24, 2.45) is 7.05 Å². The molecular weight excluding hydrogens is 414 g/mol. The number of pyridine rings is 1. The summed E-state index contributed by atoms with van der Waals surface area (Å²) >= 11 is 0. The number of non-ortho nitro benzene ring substituents is 1. The summed E-state index contributed by atoms with van der Waals surface area (Å²) in [4.78, 5) is 48.6. The minimum absolute atomic E-state index is 0.116. The van der Waals surface area contributed by atoms with Crippen LogP contribution >= 0.6 is 0 Å². The van der Waals surface area contributed by atoms with Gasteiger partial charge in [0.2, 0.25) is 5.91 Å². The number of anilines is 1. The fraction of sp³-hybridized carbons (Fsp3) is 0.136. The maximum absolute atomic E-state index is 13.0. The molecule has 0 fully saturated rings. The molecule has 32 heavy (non-hydrogen) atoms. The van der Waals surface area contributed by atoms with E-state index in [1.54, 1.807) is 42.9 Å². The molecule has 10 nitrogen and oxygen atoms in total. The first-order chi connectivity index (χ1) is 15.3. The van der Waals surface area contributed by atoms with Gasteiger partial charge >= 0.3 is 0 Å². The van der Waals surface area contributed by atoms with Crippen LogP contribution in [0.3, 0.4) is 0 Å². The Kier molecular flexibility index (Phi) is 5.19. The Labute approximate surface area is 181 Å². The topological polar surface area (TPSA) is 121 Å². The summed E-state index contributed by atoms with van der Waals surface area (Å²) in [5.41, 5.74) is 0.741. The Hall–Kier alpha value is -4.47. The fourth-order valence-electron chi connectivity index (χ4n) is 3.60. The number of rotatable bonds is 5. The van der Waals surface area contributed by atoms with Gasteiger partial charge in [0.15, 0.2) is 0 Å². The number of carbonyl (C=O) groups excluding carboxylic acids is 1. The van der Waals surface area contributed by atoms with Crippen LogP contribution in [0.5, 0.6) is 0 Å². The smallest absolute Gasteiger partial charge is 0.295 e. The molecule has 1 N–H and O–H groups in total. The van der Waals surface area contributed by atoms with Gasteiger partial charge in [-0.15, -0.1) is 0 Å². The van der Waals surface area contributed by atoms with Crippen molar-refractivity contribution in [1.82, 2.24) is 13.9 Å². The molecule has 0 aliphatic heterocycles. The molecule has 0 aliphatic carbocycles. The number of amides is 1. The second-order valence-corrected chi connectivity index (χ2v) is 7.24. The molecule has 0 spiro atoms. The lowest BCUT2D eigenvalue weighted by molar-refractivity contribution is -0.384. The number of nitro benzene ring substituents is 1. The molecule has 2 aromatic carbocycles. The highest BCUT2D eigenvalue weighted by molar-refractivity contribution is 5.92. The molecule has 0 bridgehead atoms. The highest BCUT2D eigenvalue weighted by Crippen LogP contribution is 2.20. The number of para-hydroxylation sites is 1. The van der Waals surface area contributed by atoms with Crippen molar-refractivity contribution in [3.8, 4) is 5.69 Å². The van der Waals surface area contributed by atoms with E-state index in [9.17, 15) is 24.5 Å². The third-order valence-corrected chi connectivity index (χ3v) is 5.30. The van der Waals surface area contributed by atoms with Gasteiger partial charge in [0.05, 0.1) is 21.8 Å². The van der Waals surface area contributed by atoms with Crippen molar-refractivity contribution in [2.45, 2.75) is 13.5 Å². The van der Waals surface area contributed by atoms with Gasteiger partial charge in [0.1, 0.15) is 12.2 Å². The average Bonchev–Trinajstić information content (AvgIpc) is 2.99. The van der Waals surface area contributed by atoms with Crippen molar-refractivity contribution in [3.05, 3.63) is 97.2 Å². The molecule has 162 valence electrons. The van der Waals surface area contributed by atoms with Crippen LogP contribution in [-0.4, -0.2) is 24.8 Å². The van der Waals surface area contributed by atoms with Gasteiger partial charge < -0.3 is 5.32 Å². The minimum Gasteiger partial charge on any atom is -0.318 e. The number of hydrogen-bond donors (Lipinski definition) is 1. The zero-order chi connectivity index (χ0) is 23.0. The molecule has 10 heteroatoms. The summed E-state index contributed by atoms with van der Waals surface area (Å²) in [5, 5.41) is 14.1. The van der Waals surface area contributed by atoms with Crippen molar-refractivity contribution >= 4 is 28.2 Å². The molecule has 2 aromatic heterocycles. The van der Waals surface area contributed by atoms with Gasteiger partial charge in [-0.05, 0) is 31.2 Å². The van der Waals surface area contributed by atoms with E-state index < -0.39 is 21.9 Å². The Morgan fingerprint density at radius 1 is 1.06 bits per heavy atom. The van der Waals surface area contributed by atoms with Crippen LogP contribution in [0.2, 0.25) is 0 Å². The van der Waals surface area contributed by atoms with Crippen LogP contribution in [0, 0.1) is 17.0 Å². The van der Waals surface area contributed by atoms with E-state index in [2.05, 4.69) is 5.32 Å². The van der Waals surface area contributed by atoms with Gasteiger partial charge in [-0.2, -0.15) is 0 Å². The number of aromatic nitrogens is 3. The van der Waals surface area contributed by atoms with Crippen molar-refractivity contribution in [1.29, 1.82) is 0 Å². The number of fused-ring (bicyclic) bond motifs is 1. The highest BCUT2D eigenvalue weighted by atomic mass is 16.6. The second-order valence-electron chi connectivity index (χ2n) is 7.24. The van der Waals surface area contributed by atoms with Crippen LogP contribution in [0.1, 0.15) is 5.69 Å². The van der Waals surface area contributed by atoms with E-state index in [1.165, 1.54) is 39.6 Å². The summed E-state index contributed by atoms with van der Waals surface area (Å²) < 4.78 is 4.28. The molecule has 0 saturated carbocycles.